The van der Waals surface area contributed by atoms with Crippen molar-refractivity contribution in [3.8, 4) is 5.69 Å². The number of anilines is 1. The number of carbonyl (C=O) groups is 2. The molecule has 0 bridgehead atoms. The van der Waals surface area contributed by atoms with Crippen molar-refractivity contribution in [1.82, 2.24) is 25.5 Å². The lowest BCUT2D eigenvalue weighted by Gasteiger charge is -2.08. The van der Waals surface area contributed by atoms with Gasteiger partial charge in [-0.25, -0.2) is 0 Å². The number of aromatic nitrogens is 4. The van der Waals surface area contributed by atoms with Crippen LogP contribution in [0.4, 0.5) is 5.69 Å². The summed E-state index contributed by atoms with van der Waals surface area (Å²) in [6.07, 6.45) is 3.37. The topological polar surface area (TPSA) is 102 Å². The van der Waals surface area contributed by atoms with Gasteiger partial charge in [-0.3, -0.25) is 9.59 Å². The van der Waals surface area contributed by atoms with E-state index < -0.39 is 0 Å². The number of hydrogen-bond donors (Lipinski definition) is 2. The molecule has 1 heterocycles. The molecule has 2 N–H and O–H groups in total. The van der Waals surface area contributed by atoms with Gasteiger partial charge in [-0.05, 0) is 66.1 Å². The van der Waals surface area contributed by atoms with Crippen LogP contribution in [-0.4, -0.2) is 44.3 Å². The molecule has 0 aliphatic carbocycles. The van der Waals surface area contributed by atoms with E-state index in [0.717, 1.165) is 24.9 Å². The van der Waals surface area contributed by atoms with Gasteiger partial charge in [0.25, 0.3) is 5.91 Å². The summed E-state index contributed by atoms with van der Waals surface area (Å²) in [5, 5.41) is 17.9. The van der Waals surface area contributed by atoms with Crippen molar-refractivity contribution in [2.24, 2.45) is 0 Å². The van der Waals surface area contributed by atoms with Crippen molar-refractivity contribution in [3.63, 3.8) is 0 Å². The molecule has 9 heteroatoms. The molecule has 1 aromatic heterocycles. The number of aryl methyl sites for hydroxylation is 1. The minimum atomic E-state index is -0.206. The van der Waals surface area contributed by atoms with Crippen molar-refractivity contribution in [2.75, 3.05) is 17.6 Å². The number of hydrogen-bond acceptors (Lipinski definition) is 6. The minimum Gasteiger partial charge on any atom is -0.352 e. The Morgan fingerprint density at radius 1 is 1.10 bits per heavy atom. The Bertz CT molecular complexity index is 1020. The molecule has 31 heavy (non-hydrogen) atoms. The lowest BCUT2D eigenvalue weighted by atomic mass is 10.1. The summed E-state index contributed by atoms with van der Waals surface area (Å²) < 4.78 is 1.62. The SMILES string of the molecule is CCCCc1ccc(-n2nnnc2SCC(=O)Nc2cccc(C(=O)NCC)c2)cc1. The van der Waals surface area contributed by atoms with Crippen LogP contribution in [0.2, 0.25) is 0 Å². The number of rotatable bonds is 10. The number of benzene rings is 2. The summed E-state index contributed by atoms with van der Waals surface area (Å²) in [6.45, 7) is 4.58. The van der Waals surface area contributed by atoms with E-state index in [1.807, 2.05) is 19.1 Å². The van der Waals surface area contributed by atoms with Crippen LogP contribution in [-0.2, 0) is 11.2 Å². The zero-order valence-electron chi connectivity index (χ0n) is 17.7. The van der Waals surface area contributed by atoms with Gasteiger partial charge in [0.15, 0.2) is 0 Å². The Morgan fingerprint density at radius 3 is 2.65 bits per heavy atom. The number of amides is 2. The second-order valence-electron chi connectivity index (χ2n) is 6.92. The predicted octanol–water partition coefficient (Wildman–Crippen LogP) is 3.49. The maximum atomic E-state index is 12.4. The molecule has 0 aliphatic rings. The fraction of sp³-hybridized carbons (Fsp3) is 0.318. The molecule has 2 aromatic carbocycles. The molecule has 0 fully saturated rings. The van der Waals surface area contributed by atoms with Gasteiger partial charge in [0.2, 0.25) is 11.1 Å². The van der Waals surface area contributed by atoms with E-state index >= 15 is 0 Å². The highest BCUT2D eigenvalue weighted by Crippen LogP contribution is 2.20. The third kappa shape index (κ3) is 6.39. The number of thioether (sulfide) groups is 1. The second kappa shape index (κ2) is 11.3. The molecule has 0 saturated carbocycles. The summed E-state index contributed by atoms with van der Waals surface area (Å²) in [4.78, 5) is 24.4. The number of unbranched alkanes of at least 4 members (excludes halogenated alkanes) is 1. The predicted molar refractivity (Wildman–Crippen MR) is 122 cm³/mol. The first-order valence-electron chi connectivity index (χ1n) is 10.3. The van der Waals surface area contributed by atoms with Crippen molar-refractivity contribution in [3.05, 3.63) is 59.7 Å². The van der Waals surface area contributed by atoms with Crippen molar-refractivity contribution in [2.45, 2.75) is 38.3 Å². The highest BCUT2D eigenvalue weighted by molar-refractivity contribution is 7.99. The van der Waals surface area contributed by atoms with Crippen LogP contribution in [0, 0.1) is 0 Å². The summed E-state index contributed by atoms with van der Waals surface area (Å²) in [6, 6.07) is 15.0. The molecule has 0 atom stereocenters. The van der Waals surface area contributed by atoms with E-state index in [2.05, 4.69) is 45.2 Å². The normalized spacial score (nSPS) is 10.6. The molecule has 2 amide bonds. The van der Waals surface area contributed by atoms with Crippen LogP contribution in [0.25, 0.3) is 5.69 Å². The Balaban J connectivity index is 1.59. The summed E-state index contributed by atoms with van der Waals surface area (Å²) >= 11 is 1.25. The van der Waals surface area contributed by atoms with Gasteiger partial charge in [-0.1, -0.05) is 43.3 Å². The van der Waals surface area contributed by atoms with Gasteiger partial charge < -0.3 is 10.6 Å². The average Bonchev–Trinajstić information content (AvgIpc) is 3.25. The quantitative estimate of drug-likeness (QED) is 0.470. The standard InChI is InChI=1S/C22H26N6O2S/c1-3-5-7-16-10-12-19(13-11-16)28-22(25-26-27-28)31-15-20(29)24-18-9-6-8-17(14-18)21(30)23-4-2/h6,8-14H,3-5,7,15H2,1-2H3,(H,23,30)(H,24,29). The minimum absolute atomic E-state index is 0.139. The Hall–Kier alpha value is -3.20. The third-order valence-corrected chi connectivity index (χ3v) is 5.44. The lowest BCUT2D eigenvalue weighted by molar-refractivity contribution is -0.113. The molecule has 0 radical (unpaired) electrons. The van der Waals surface area contributed by atoms with Crippen LogP contribution in [0.5, 0.6) is 0 Å². The van der Waals surface area contributed by atoms with Gasteiger partial charge in [0.05, 0.1) is 11.4 Å². The molecule has 0 aliphatic heterocycles. The maximum Gasteiger partial charge on any atom is 0.251 e. The Morgan fingerprint density at radius 2 is 1.90 bits per heavy atom. The third-order valence-electron chi connectivity index (χ3n) is 4.52. The second-order valence-corrected chi connectivity index (χ2v) is 7.86. The van der Waals surface area contributed by atoms with Crippen molar-refractivity contribution >= 4 is 29.3 Å². The molecule has 3 aromatic rings. The van der Waals surface area contributed by atoms with Crippen molar-refractivity contribution in [1.29, 1.82) is 0 Å². The molecule has 3 rings (SSSR count). The highest BCUT2D eigenvalue weighted by Gasteiger charge is 2.13. The summed E-state index contributed by atoms with van der Waals surface area (Å²) in [7, 11) is 0. The zero-order valence-corrected chi connectivity index (χ0v) is 18.5. The van der Waals surface area contributed by atoms with E-state index in [-0.39, 0.29) is 17.6 Å². The first-order valence-corrected chi connectivity index (χ1v) is 11.3. The molecule has 162 valence electrons. The number of nitrogens with one attached hydrogen (secondary N) is 2. The van der Waals surface area contributed by atoms with E-state index in [9.17, 15) is 9.59 Å². The number of nitrogens with zero attached hydrogens (tertiary/aromatic N) is 4. The number of tetrazole rings is 1. The molecular weight excluding hydrogens is 412 g/mol. The van der Waals surface area contributed by atoms with Gasteiger partial charge >= 0.3 is 0 Å². The monoisotopic (exact) mass is 438 g/mol. The maximum absolute atomic E-state index is 12.4. The van der Waals surface area contributed by atoms with Crippen LogP contribution in [0.3, 0.4) is 0 Å². The largest absolute Gasteiger partial charge is 0.352 e. The van der Waals surface area contributed by atoms with Crippen LogP contribution < -0.4 is 10.6 Å². The van der Waals surface area contributed by atoms with Gasteiger partial charge in [-0.15, -0.1) is 5.10 Å². The fourth-order valence-electron chi connectivity index (χ4n) is 2.94. The van der Waals surface area contributed by atoms with E-state index in [1.54, 1.807) is 28.9 Å². The molecule has 8 nitrogen and oxygen atoms in total. The van der Waals surface area contributed by atoms with Gasteiger partial charge in [-0.2, -0.15) is 4.68 Å². The van der Waals surface area contributed by atoms with E-state index in [1.165, 1.54) is 17.3 Å². The molecular formula is C22H26N6O2S. The van der Waals surface area contributed by atoms with Crippen molar-refractivity contribution < 1.29 is 9.59 Å². The van der Waals surface area contributed by atoms with E-state index in [0.29, 0.717) is 23.0 Å². The number of carbonyl (C=O) groups excluding carboxylic acids is 2. The fourth-order valence-corrected chi connectivity index (χ4v) is 3.63. The van der Waals surface area contributed by atoms with Gasteiger partial charge in [0, 0.05) is 17.8 Å². The van der Waals surface area contributed by atoms with E-state index in [4.69, 9.17) is 0 Å². The summed E-state index contributed by atoms with van der Waals surface area (Å²) in [5.41, 5.74) is 3.19. The van der Waals surface area contributed by atoms with Crippen LogP contribution >= 0.6 is 11.8 Å². The molecule has 0 unspecified atom stereocenters. The first-order chi connectivity index (χ1) is 15.1. The molecule has 0 saturated heterocycles. The first kappa shape index (κ1) is 22.5. The Labute approximate surface area is 185 Å². The zero-order chi connectivity index (χ0) is 22.1. The summed E-state index contributed by atoms with van der Waals surface area (Å²) in [5.74, 6) is -0.240. The average molecular weight is 439 g/mol. The molecule has 0 spiro atoms. The lowest BCUT2D eigenvalue weighted by Crippen LogP contribution is -2.23. The van der Waals surface area contributed by atoms with Gasteiger partial charge in [0.1, 0.15) is 0 Å². The Kier molecular flexibility index (Phi) is 8.17. The van der Waals surface area contributed by atoms with Crippen LogP contribution in [0.15, 0.2) is 53.7 Å². The highest BCUT2D eigenvalue weighted by atomic mass is 32.2. The smallest absolute Gasteiger partial charge is 0.251 e. The van der Waals surface area contributed by atoms with Crippen LogP contribution in [0.1, 0.15) is 42.6 Å².